The quantitative estimate of drug-likeness (QED) is 0.749. The molecule has 0 unspecified atom stereocenters. The number of aromatic amines is 1. The van der Waals surface area contributed by atoms with Crippen LogP contribution in [-0.4, -0.2) is 44.4 Å². The number of anilines is 1. The van der Waals surface area contributed by atoms with Crippen molar-refractivity contribution in [1.82, 2.24) is 14.6 Å². The number of carbonyl (C=O) groups excluding carboxylic acids is 1. The van der Waals surface area contributed by atoms with Gasteiger partial charge in [0.1, 0.15) is 5.56 Å². The number of benzene rings is 1. The number of H-pyrrole nitrogens is 1. The van der Waals surface area contributed by atoms with E-state index in [1.54, 1.807) is 6.92 Å². The zero-order valence-electron chi connectivity index (χ0n) is 17.7. The van der Waals surface area contributed by atoms with Crippen LogP contribution in [0, 0.1) is 0 Å². The summed E-state index contributed by atoms with van der Waals surface area (Å²) < 4.78 is 0.942. The van der Waals surface area contributed by atoms with Crippen molar-refractivity contribution in [3.8, 4) is 5.88 Å². The molecule has 0 bridgehead atoms. The highest BCUT2D eigenvalue weighted by molar-refractivity contribution is 6.04. The largest absolute Gasteiger partial charge is 0.494 e. The lowest BCUT2D eigenvalue weighted by Gasteiger charge is -2.24. The summed E-state index contributed by atoms with van der Waals surface area (Å²) in [5.74, 6) is -0.660. The molecule has 9 nitrogen and oxygen atoms in total. The van der Waals surface area contributed by atoms with Crippen LogP contribution in [0.3, 0.4) is 0 Å². The number of amides is 1. The van der Waals surface area contributed by atoms with Gasteiger partial charge in [-0.3, -0.25) is 19.1 Å². The Balaban J connectivity index is 2.01. The van der Waals surface area contributed by atoms with Crippen LogP contribution in [0.15, 0.2) is 39.0 Å². The molecule has 160 valence electrons. The molecule has 1 amide bonds. The van der Waals surface area contributed by atoms with E-state index in [1.807, 2.05) is 24.3 Å². The molecule has 2 heterocycles. The van der Waals surface area contributed by atoms with Crippen LogP contribution < -0.4 is 16.1 Å². The Morgan fingerprint density at radius 1 is 1.20 bits per heavy atom. The van der Waals surface area contributed by atoms with Crippen LogP contribution in [0.4, 0.5) is 5.69 Å². The molecular formula is C21H27N5O4. The molecule has 1 atom stereocenters. The smallest absolute Gasteiger partial charge is 0.330 e. The lowest BCUT2D eigenvalue weighted by molar-refractivity contribution is -0.132. The maximum absolute atomic E-state index is 12.5. The van der Waals surface area contributed by atoms with Gasteiger partial charge in [-0.1, -0.05) is 19.1 Å². The monoisotopic (exact) mass is 413 g/mol. The molecule has 1 aromatic carbocycles. The topological polar surface area (TPSA) is 111 Å². The van der Waals surface area contributed by atoms with Crippen LogP contribution in [0.1, 0.15) is 50.8 Å². The number of hydrogen-bond donors (Lipinski definition) is 2. The maximum atomic E-state index is 12.5. The summed E-state index contributed by atoms with van der Waals surface area (Å²) in [5, 5.41) is 16.1. The predicted octanol–water partition coefficient (Wildman–Crippen LogP) is 1.71. The third-order valence-electron chi connectivity index (χ3n) is 5.46. The fraction of sp³-hybridized carbons (Fsp3) is 0.429. The van der Waals surface area contributed by atoms with E-state index in [1.165, 1.54) is 12.1 Å². The van der Waals surface area contributed by atoms with Crippen molar-refractivity contribution in [3.63, 3.8) is 0 Å². The van der Waals surface area contributed by atoms with E-state index in [0.29, 0.717) is 0 Å². The molecule has 0 saturated heterocycles. The Bertz CT molecular complexity index is 1080. The van der Waals surface area contributed by atoms with Gasteiger partial charge in [0.25, 0.3) is 5.56 Å². The van der Waals surface area contributed by atoms with E-state index in [4.69, 9.17) is 0 Å². The fourth-order valence-electron chi connectivity index (χ4n) is 3.68. The van der Waals surface area contributed by atoms with Gasteiger partial charge in [0, 0.05) is 38.7 Å². The van der Waals surface area contributed by atoms with Crippen LogP contribution >= 0.6 is 0 Å². The molecule has 2 N–H and O–H groups in total. The van der Waals surface area contributed by atoms with Crippen LogP contribution in [0.5, 0.6) is 5.88 Å². The van der Waals surface area contributed by atoms with Gasteiger partial charge in [-0.2, -0.15) is 5.10 Å². The Labute approximate surface area is 174 Å². The van der Waals surface area contributed by atoms with E-state index < -0.39 is 23.2 Å². The molecule has 1 aromatic heterocycles. The fourth-order valence-corrected chi connectivity index (χ4v) is 3.68. The lowest BCUT2D eigenvalue weighted by Crippen LogP contribution is -2.32. The van der Waals surface area contributed by atoms with Gasteiger partial charge in [0.05, 0.1) is 11.8 Å². The van der Waals surface area contributed by atoms with Crippen molar-refractivity contribution in [1.29, 1.82) is 0 Å². The van der Waals surface area contributed by atoms with Crippen LogP contribution in [0.25, 0.3) is 0 Å². The summed E-state index contributed by atoms with van der Waals surface area (Å²) in [5.41, 5.74) is 0.702. The van der Waals surface area contributed by atoms with Crippen molar-refractivity contribution in [2.45, 2.75) is 39.7 Å². The molecule has 30 heavy (non-hydrogen) atoms. The SMILES string of the molecule is CCC(=O)N1N=C(c2c(O)n(C)c(=O)[nH]c2=O)C[C@H]1c1ccc(N(CC)CC)cc1. The molecule has 0 saturated carbocycles. The van der Waals surface area contributed by atoms with Crippen molar-refractivity contribution in [3.05, 3.63) is 56.2 Å². The average Bonchev–Trinajstić information content (AvgIpc) is 3.18. The van der Waals surface area contributed by atoms with E-state index in [2.05, 4.69) is 28.8 Å². The van der Waals surface area contributed by atoms with Crippen molar-refractivity contribution >= 4 is 17.3 Å². The van der Waals surface area contributed by atoms with Gasteiger partial charge >= 0.3 is 5.69 Å². The molecule has 9 heteroatoms. The number of hydrazone groups is 1. The van der Waals surface area contributed by atoms with Crippen LogP contribution in [-0.2, 0) is 11.8 Å². The van der Waals surface area contributed by atoms with Gasteiger partial charge in [0.2, 0.25) is 11.8 Å². The zero-order chi connectivity index (χ0) is 22.0. The minimum absolute atomic E-state index is 0.0896. The minimum Gasteiger partial charge on any atom is -0.494 e. The maximum Gasteiger partial charge on any atom is 0.330 e. The van der Waals surface area contributed by atoms with Gasteiger partial charge in [0.15, 0.2) is 0 Å². The van der Waals surface area contributed by atoms with Crippen molar-refractivity contribution < 1.29 is 9.90 Å². The second kappa shape index (κ2) is 8.56. The highest BCUT2D eigenvalue weighted by Gasteiger charge is 2.35. The molecule has 3 rings (SSSR count). The molecule has 1 aliphatic heterocycles. The summed E-state index contributed by atoms with van der Waals surface area (Å²) >= 11 is 0. The van der Waals surface area contributed by atoms with Crippen LogP contribution in [0.2, 0.25) is 0 Å². The van der Waals surface area contributed by atoms with Crippen molar-refractivity contribution in [2.75, 3.05) is 18.0 Å². The second-order valence-electron chi connectivity index (χ2n) is 7.14. The van der Waals surface area contributed by atoms with Gasteiger partial charge < -0.3 is 10.0 Å². The Hall–Kier alpha value is -3.36. The molecule has 2 aromatic rings. The summed E-state index contributed by atoms with van der Waals surface area (Å²) in [7, 11) is 1.35. The first kappa shape index (κ1) is 21.4. The Morgan fingerprint density at radius 3 is 2.40 bits per heavy atom. The second-order valence-corrected chi connectivity index (χ2v) is 7.14. The number of aromatic nitrogens is 2. The first-order valence-electron chi connectivity index (χ1n) is 10.1. The molecule has 0 fully saturated rings. The predicted molar refractivity (Wildman–Crippen MR) is 115 cm³/mol. The number of rotatable bonds is 6. The molecule has 0 radical (unpaired) electrons. The number of aromatic hydroxyl groups is 1. The molecule has 1 aliphatic rings. The summed E-state index contributed by atoms with van der Waals surface area (Å²) in [6.45, 7) is 7.71. The molecular weight excluding hydrogens is 386 g/mol. The molecule has 0 aliphatic carbocycles. The first-order chi connectivity index (χ1) is 14.3. The Morgan fingerprint density at radius 2 is 1.83 bits per heavy atom. The molecule has 0 spiro atoms. The third-order valence-corrected chi connectivity index (χ3v) is 5.46. The number of nitrogens with one attached hydrogen (secondary N) is 1. The number of nitrogens with zero attached hydrogens (tertiary/aromatic N) is 4. The Kier molecular flexibility index (Phi) is 6.09. The van der Waals surface area contributed by atoms with E-state index in [9.17, 15) is 19.5 Å². The van der Waals surface area contributed by atoms with Gasteiger partial charge in [-0.05, 0) is 31.5 Å². The number of carbonyl (C=O) groups is 1. The highest BCUT2D eigenvalue weighted by Crippen LogP contribution is 2.34. The van der Waals surface area contributed by atoms with Gasteiger partial charge in [-0.25, -0.2) is 9.80 Å². The van der Waals surface area contributed by atoms with E-state index in [0.717, 1.165) is 28.9 Å². The average molecular weight is 413 g/mol. The normalized spacial score (nSPS) is 15.9. The van der Waals surface area contributed by atoms with E-state index >= 15 is 0 Å². The van der Waals surface area contributed by atoms with E-state index in [-0.39, 0.29) is 30.0 Å². The van der Waals surface area contributed by atoms with Gasteiger partial charge in [-0.15, -0.1) is 0 Å². The summed E-state index contributed by atoms with van der Waals surface area (Å²) in [4.78, 5) is 41.0. The third kappa shape index (κ3) is 3.74. The number of hydrogen-bond acceptors (Lipinski definition) is 6. The zero-order valence-corrected chi connectivity index (χ0v) is 17.7. The summed E-state index contributed by atoms with van der Waals surface area (Å²) in [6, 6.07) is 7.53. The summed E-state index contributed by atoms with van der Waals surface area (Å²) in [6.07, 6.45) is 0.506. The minimum atomic E-state index is -0.726. The highest BCUT2D eigenvalue weighted by atomic mass is 16.3. The van der Waals surface area contributed by atoms with Crippen molar-refractivity contribution in [2.24, 2.45) is 12.1 Å². The standard InChI is InChI=1S/C21H27N5O4/c1-5-17(27)26-16(13-8-10-14(11-9-13)25(6-2)7-3)12-15(23-26)18-19(28)22-21(30)24(4)20(18)29/h8-11,16,29H,5-7,12H2,1-4H3,(H,22,28,30)/t16-/m0/s1. The first-order valence-corrected chi connectivity index (χ1v) is 10.1. The lowest BCUT2D eigenvalue weighted by atomic mass is 9.98.